The average Bonchev–Trinajstić information content (AvgIpc) is 2.27. The molecular weight excluding hydrogens is 246 g/mol. The molecule has 1 saturated heterocycles. The average molecular weight is 254 g/mol. The molecule has 1 N–H and O–H groups in total. The molecule has 1 fully saturated rings. The van der Waals surface area contributed by atoms with Crippen molar-refractivity contribution in [2.45, 2.75) is 13.3 Å². The van der Waals surface area contributed by atoms with E-state index in [1.54, 1.807) is 0 Å². The molecule has 4 amide bonds. The molecule has 0 atom stereocenters. The quantitative estimate of drug-likeness (QED) is 0.767. The fourth-order valence-electron chi connectivity index (χ4n) is 1.62. The molecule has 0 bridgehead atoms. The van der Waals surface area contributed by atoms with Crippen LogP contribution in [0, 0.1) is 18.6 Å². The topological polar surface area (TPSA) is 66.5 Å². The zero-order valence-corrected chi connectivity index (χ0v) is 9.29. The number of halogens is 2. The van der Waals surface area contributed by atoms with Crippen molar-refractivity contribution in [3.05, 3.63) is 29.3 Å². The minimum atomic E-state index is -1.15. The number of anilines is 1. The zero-order valence-electron chi connectivity index (χ0n) is 9.29. The van der Waals surface area contributed by atoms with Gasteiger partial charge in [-0.25, -0.2) is 18.5 Å². The van der Waals surface area contributed by atoms with Crippen molar-refractivity contribution in [2.24, 2.45) is 0 Å². The number of nitrogens with zero attached hydrogens (tertiary/aromatic N) is 1. The van der Waals surface area contributed by atoms with Crippen molar-refractivity contribution in [1.29, 1.82) is 0 Å². The highest BCUT2D eigenvalue weighted by molar-refractivity contribution is 6.26. The molecule has 0 saturated carbocycles. The number of aryl methyl sites for hydroxylation is 1. The maximum atomic E-state index is 13.8. The molecule has 1 aromatic rings. The Morgan fingerprint density at radius 2 is 1.89 bits per heavy atom. The second-order valence-electron chi connectivity index (χ2n) is 3.79. The molecule has 1 aliphatic rings. The molecule has 1 aromatic carbocycles. The van der Waals surface area contributed by atoms with Crippen LogP contribution in [0.4, 0.5) is 19.3 Å². The highest BCUT2D eigenvalue weighted by atomic mass is 19.1. The third-order valence-electron chi connectivity index (χ3n) is 2.49. The van der Waals surface area contributed by atoms with Gasteiger partial charge >= 0.3 is 6.03 Å². The number of imide groups is 2. The van der Waals surface area contributed by atoms with Crippen LogP contribution in [0.2, 0.25) is 0 Å². The molecule has 7 heteroatoms. The van der Waals surface area contributed by atoms with E-state index in [4.69, 9.17) is 0 Å². The fourth-order valence-corrected chi connectivity index (χ4v) is 1.62. The van der Waals surface area contributed by atoms with E-state index in [0.717, 1.165) is 6.07 Å². The van der Waals surface area contributed by atoms with Crippen LogP contribution in [0.15, 0.2) is 12.1 Å². The van der Waals surface area contributed by atoms with Gasteiger partial charge < -0.3 is 0 Å². The van der Waals surface area contributed by atoms with E-state index in [1.165, 1.54) is 13.0 Å². The summed E-state index contributed by atoms with van der Waals surface area (Å²) in [5, 5.41) is 1.83. The van der Waals surface area contributed by atoms with Gasteiger partial charge in [-0.1, -0.05) is 6.07 Å². The molecule has 1 heterocycles. The highest BCUT2D eigenvalue weighted by Crippen LogP contribution is 2.27. The maximum Gasteiger partial charge on any atom is 0.335 e. The largest absolute Gasteiger partial charge is 0.335 e. The number of benzene rings is 1. The molecule has 1 aliphatic heterocycles. The minimum absolute atomic E-state index is 0.0869. The number of rotatable bonds is 1. The molecule has 0 radical (unpaired) electrons. The van der Waals surface area contributed by atoms with Gasteiger partial charge in [-0.3, -0.25) is 14.9 Å². The van der Waals surface area contributed by atoms with Crippen LogP contribution in [0.3, 0.4) is 0 Å². The number of urea groups is 1. The summed E-state index contributed by atoms with van der Waals surface area (Å²) < 4.78 is 27.4. The Labute approximate surface area is 100 Å². The van der Waals surface area contributed by atoms with Gasteiger partial charge in [0, 0.05) is 0 Å². The lowest BCUT2D eigenvalue weighted by molar-refractivity contribution is -0.128. The zero-order chi connectivity index (χ0) is 13.4. The lowest BCUT2D eigenvalue weighted by atomic mass is 10.1. The number of nitrogens with one attached hydrogen (secondary N) is 1. The monoisotopic (exact) mass is 254 g/mol. The summed E-state index contributed by atoms with van der Waals surface area (Å²) >= 11 is 0. The van der Waals surface area contributed by atoms with Crippen LogP contribution in [0.1, 0.15) is 12.0 Å². The summed E-state index contributed by atoms with van der Waals surface area (Å²) in [5.74, 6) is -3.81. The van der Waals surface area contributed by atoms with Gasteiger partial charge in [0.25, 0.3) is 0 Å². The van der Waals surface area contributed by atoms with Gasteiger partial charge in [-0.15, -0.1) is 0 Å². The van der Waals surface area contributed by atoms with Crippen LogP contribution in [-0.4, -0.2) is 17.8 Å². The summed E-state index contributed by atoms with van der Waals surface area (Å²) in [5.41, 5.74) is -0.672. The number of hydrogen-bond donors (Lipinski definition) is 1. The second-order valence-corrected chi connectivity index (χ2v) is 3.79. The van der Waals surface area contributed by atoms with Crippen molar-refractivity contribution in [3.8, 4) is 0 Å². The fraction of sp³-hybridized carbons (Fsp3) is 0.182. The minimum Gasteiger partial charge on any atom is -0.277 e. The summed E-state index contributed by atoms with van der Waals surface area (Å²) in [4.78, 5) is 34.2. The number of carbonyl (C=O) groups is 3. The summed E-state index contributed by atoms with van der Waals surface area (Å²) in [6.45, 7) is 1.37. The predicted molar refractivity (Wildman–Crippen MR) is 56.7 cm³/mol. The third kappa shape index (κ3) is 1.83. The number of carbonyl (C=O) groups excluding carboxylic acids is 3. The predicted octanol–water partition coefficient (Wildman–Crippen LogP) is 1.25. The van der Waals surface area contributed by atoms with Crippen molar-refractivity contribution in [2.75, 3.05) is 4.90 Å². The molecule has 5 nitrogen and oxygen atoms in total. The van der Waals surface area contributed by atoms with E-state index in [2.05, 4.69) is 0 Å². The van der Waals surface area contributed by atoms with E-state index in [1.807, 2.05) is 5.32 Å². The van der Waals surface area contributed by atoms with Crippen LogP contribution >= 0.6 is 0 Å². The summed E-state index contributed by atoms with van der Waals surface area (Å²) in [6.07, 6.45) is -0.626. The lowest BCUT2D eigenvalue weighted by Gasteiger charge is -2.25. The van der Waals surface area contributed by atoms with Crippen molar-refractivity contribution in [1.82, 2.24) is 5.32 Å². The van der Waals surface area contributed by atoms with Gasteiger partial charge in [-0.2, -0.15) is 0 Å². The van der Waals surface area contributed by atoms with E-state index in [0.29, 0.717) is 4.90 Å². The molecule has 0 aliphatic carbocycles. The van der Waals surface area contributed by atoms with Gasteiger partial charge in [0.15, 0.2) is 11.6 Å². The van der Waals surface area contributed by atoms with Gasteiger partial charge in [0.05, 0.1) is 0 Å². The number of hydrogen-bond acceptors (Lipinski definition) is 3. The van der Waals surface area contributed by atoms with Crippen molar-refractivity contribution in [3.63, 3.8) is 0 Å². The highest BCUT2D eigenvalue weighted by Gasteiger charge is 2.35. The number of amides is 4. The first kappa shape index (κ1) is 12.2. The van der Waals surface area contributed by atoms with Crippen LogP contribution in [-0.2, 0) is 9.59 Å². The molecule has 0 unspecified atom stereocenters. The molecule has 2 rings (SSSR count). The maximum absolute atomic E-state index is 13.8. The summed E-state index contributed by atoms with van der Waals surface area (Å²) in [6, 6.07) is 0.982. The Bertz CT molecular complexity index is 552. The van der Waals surface area contributed by atoms with Crippen LogP contribution in [0.5, 0.6) is 0 Å². The van der Waals surface area contributed by atoms with E-state index in [9.17, 15) is 23.2 Å². The van der Waals surface area contributed by atoms with Crippen molar-refractivity contribution < 1.29 is 23.2 Å². The van der Waals surface area contributed by atoms with E-state index < -0.39 is 41.6 Å². The van der Waals surface area contributed by atoms with Gasteiger partial charge in [-0.05, 0) is 18.6 Å². The first-order chi connectivity index (χ1) is 8.41. The lowest BCUT2D eigenvalue weighted by Crippen LogP contribution is -2.53. The SMILES string of the molecule is Cc1ccc(F)c(N2C(=O)CC(=O)NC2=O)c1F. The molecule has 0 aromatic heterocycles. The van der Waals surface area contributed by atoms with Crippen LogP contribution in [0.25, 0.3) is 0 Å². The van der Waals surface area contributed by atoms with Crippen molar-refractivity contribution >= 4 is 23.5 Å². The van der Waals surface area contributed by atoms with E-state index in [-0.39, 0.29) is 5.56 Å². The van der Waals surface area contributed by atoms with Crippen LogP contribution < -0.4 is 10.2 Å². The molecule has 0 spiro atoms. The molecule has 94 valence electrons. The Hall–Kier alpha value is -2.31. The second kappa shape index (κ2) is 4.17. The Morgan fingerprint density at radius 3 is 2.50 bits per heavy atom. The normalized spacial score (nSPS) is 15.9. The number of barbiturate groups is 1. The van der Waals surface area contributed by atoms with Gasteiger partial charge in [0.1, 0.15) is 12.1 Å². The summed E-state index contributed by atoms with van der Waals surface area (Å²) in [7, 11) is 0. The first-order valence-electron chi connectivity index (χ1n) is 5.03. The first-order valence-corrected chi connectivity index (χ1v) is 5.03. The Balaban J connectivity index is 2.55. The third-order valence-corrected chi connectivity index (χ3v) is 2.49. The standard InChI is InChI=1S/C11H8F2N2O3/c1-5-2-3-6(12)10(9(5)13)15-8(17)4-7(16)14-11(15)18/h2-3H,4H2,1H3,(H,14,16,18). The van der Waals surface area contributed by atoms with Gasteiger partial charge in [0.2, 0.25) is 11.8 Å². The smallest absolute Gasteiger partial charge is 0.277 e. The molecular formula is C11H8F2N2O3. The Kier molecular flexibility index (Phi) is 2.82. The molecule has 18 heavy (non-hydrogen) atoms. The Morgan fingerprint density at radius 1 is 1.22 bits per heavy atom. The van der Waals surface area contributed by atoms with E-state index >= 15 is 0 Å².